The third-order valence-corrected chi connectivity index (χ3v) is 6.38. The van der Waals surface area contributed by atoms with Gasteiger partial charge in [-0.2, -0.15) is 0 Å². The van der Waals surface area contributed by atoms with Gasteiger partial charge in [-0.15, -0.1) is 0 Å². The summed E-state index contributed by atoms with van der Waals surface area (Å²) in [5.74, 6) is 1.53. The summed E-state index contributed by atoms with van der Waals surface area (Å²) < 4.78 is 6.19. The van der Waals surface area contributed by atoms with Crippen molar-refractivity contribution >= 4 is 5.96 Å². The first kappa shape index (κ1) is 21.1. The highest BCUT2D eigenvalue weighted by atomic mass is 16.5. The van der Waals surface area contributed by atoms with Crippen LogP contribution in [0.3, 0.4) is 0 Å². The number of likely N-dealkylation sites (tertiary alicyclic amines) is 1. The van der Waals surface area contributed by atoms with Crippen molar-refractivity contribution in [1.82, 2.24) is 15.1 Å². The Morgan fingerprint density at radius 2 is 1.96 bits per heavy atom. The summed E-state index contributed by atoms with van der Waals surface area (Å²) in [6.45, 7) is 12.8. The Morgan fingerprint density at radius 3 is 2.64 bits per heavy atom. The molecule has 2 fully saturated rings. The number of aryl methyl sites for hydroxylation is 1. The molecule has 1 aromatic carbocycles. The van der Waals surface area contributed by atoms with Crippen molar-refractivity contribution in [2.45, 2.75) is 52.2 Å². The van der Waals surface area contributed by atoms with Gasteiger partial charge in [-0.05, 0) is 44.8 Å². The van der Waals surface area contributed by atoms with Crippen LogP contribution in [0.25, 0.3) is 0 Å². The lowest BCUT2D eigenvalue weighted by molar-refractivity contribution is -0.0266. The third kappa shape index (κ3) is 5.06. The van der Waals surface area contributed by atoms with E-state index in [9.17, 15) is 0 Å². The maximum atomic E-state index is 6.19. The topological polar surface area (TPSA) is 40.1 Å². The maximum Gasteiger partial charge on any atom is 0.193 e. The summed E-state index contributed by atoms with van der Waals surface area (Å²) in [6.07, 6.45) is 3.74. The van der Waals surface area contributed by atoms with Gasteiger partial charge < -0.3 is 15.0 Å². The number of guanidine groups is 1. The monoisotopic (exact) mass is 386 g/mol. The van der Waals surface area contributed by atoms with E-state index in [1.165, 1.54) is 24.0 Å². The molecule has 2 heterocycles. The molecule has 3 unspecified atom stereocenters. The lowest BCUT2D eigenvalue weighted by atomic mass is 9.89. The summed E-state index contributed by atoms with van der Waals surface area (Å²) in [5.41, 5.74) is 2.60. The van der Waals surface area contributed by atoms with Gasteiger partial charge >= 0.3 is 0 Å². The molecule has 0 aromatic heterocycles. The normalized spacial score (nSPS) is 26.1. The number of rotatable bonds is 6. The van der Waals surface area contributed by atoms with E-state index in [4.69, 9.17) is 4.74 Å². The average molecular weight is 387 g/mol. The molecule has 156 valence electrons. The average Bonchev–Trinajstić information content (AvgIpc) is 3.20. The number of likely N-dealkylation sites (N-methyl/N-ethyl adjacent to an activating group) is 1. The molecule has 2 aliphatic heterocycles. The number of ether oxygens (including phenoxy) is 1. The summed E-state index contributed by atoms with van der Waals surface area (Å²) >= 11 is 0. The predicted octanol–water partition coefficient (Wildman–Crippen LogP) is 3.45. The van der Waals surface area contributed by atoms with Crippen LogP contribution >= 0.6 is 0 Å². The molecule has 0 spiro atoms. The van der Waals surface area contributed by atoms with Crippen molar-refractivity contribution in [3.8, 4) is 0 Å². The highest BCUT2D eigenvalue weighted by molar-refractivity contribution is 5.80. The maximum absolute atomic E-state index is 6.19. The van der Waals surface area contributed by atoms with Crippen LogP contribution < -0.4 is 5.32 Å². The quantitative estimate of drug-likeness (QED) is 0.600. The minimum absolute atomic E-state index is 0.182. The Hall–Kier alpha value is -1.59. The summed E-state index contributed by atoms with van der Waals surface area (Å²) in [5, 5.41) is 3.67. The largest absolute Gasteiger partial charge is 0.373 e. The second-order valence-electron chi connectivity index (χ2n) is 8.14. The molecule has 1 aromatic rings. The van der Waals surface area contributed by atoms with Crippen LogP contribution in [0.5, 0.6) is 0 Å². The molecular formula is C23H38N4O. The molecule has 0 bridgehead atoms. The SMILES string of the molecule is CCN(CC)C1CCN(C(=NC)NCC2CCCOC2c2ccc(C)cc2)C1. The van der Waals surface area contributed by atoms with Crippen LogP contribution in [0.2, 0.25) is 0 Å². The molecule has 0 amide bonds. The number of hydrogen-bond donors (Lipinski definition) is 1. The Kier molecular flexibility index (Phi) is 7.74. The molecule has 0 aliphatic carbocycles. The van der Waals surface area contributed by atoms with Gasteiger partial charge in [0.05, 0.1) is 6.10 Å². The van der Waals surface area contributed by atoms with E-state index < -0.39 is 0 Å². The van der Waals surface area contributed by atoms with E-state index >= 15 is 0 Å². The summed E-state index contributed by atoms with van der Waals surface area (Å²) in [7, 11) is 1.90. The van der Waals surface area contributed by atoms with Gasteiger partial charge in [0.25, 0.3) is 0 Å². The number of hydrogen-bond acceptors (Lipinski definition) is 3. The Morgan fingerprint density at radius 1 is 1.21 bits per heavy atom. The van der Waals surface area contributed by atoms with Gasteiger partial charge in [0.2, 0.25) is 0 Å². The first-order chi connectivity index (χ1) is 13.7. The molecular weight excluding hydrogens is 348 g/mol. The summed E-state index contributed by atoms with van der Waals surface area (Å²) in [6, 6.07) is 9.47. The van der Waals surface area contributed by atoms with Crippen LogP contribution in [0.1, 0.15) is 50.3 Å². The van der Waals surface area contributed by atoms with E-state index in [0.29, 0.717) is 12.0 Å². The van der Waals surface area contributed by atoms with E-state index in [2.05, 4.69) is 65.1 Å². The van der Waals surface area contributed by atoms with E-state index in [0.717, 1.165) is 51.7 Å². The minimum Gasteiger partial charge on any atom is -0.373 e. The first-order valence-electron chi connectivity index (χ1n) is 11.0. The zero-order chi connectivity index (χ0) is 19.9. The molecule has 1 N–H and O–H groups in total. The van der Waals surface area contributed by atoms with E-state index in [-0.39, 0.29) is 6.10 Å². The highest BCUT2D eigenvalue weighted by Gasteiger charge is 2.30. The molecule has 5 heteroatoms. The molecule has 2 saturated heterocycles. The zero-order valence-electron chi connectivity index (χ0n) is 18.2. The van der Waals surface area contributed by atoms with Gasteiger partial charge in [0.1, 0.15) is 0 Å². The Balaban J connectivity index is 1.58. The first-order valence-corrected chi connectivity index (χ1v) is 11.0. The number of nitrogens with zero attached hydrogens (tertiary/aromatic N) is 3. The van der Waals surface area contributed by atoms with Gasteiger partial charge in [0, 0.05) is 45.2 Å². The third-order valence-electron chi connectivity index (χ3n) is 6.38. The molecule has 0 radical (unpaired) electrons. The minimum atomic E-state index is 0.182. The van der Waals surface area contributed by atoms with Crippen LogP contribution in [0.15, 0.2) is 29.3 Å². The van der Waals surface area contributed by atoms with E-state index in [1.807, 2.05) is 7.05 Å². The van der Waals surface area contributed by atoms with Crippen molar-refractivity contribution in [2.75, 3.05) is 46.4 Å². The van der Waals surface area contributed by atoms with Crippen molar-refractivity contribution in [1.29, 1.82) is 0 Å². The zero-order valence-corrected chi connectivity index (χ0v) is 18.2. The number of nitrogens with one attached hydrogen (secondary N) is 1. The van der Waals surface area contributed by atoms with Crippen LogP contribution in [-0.2, 0) is 4.74 Å². The molecule has 3 rings (SSSR count). The molecule has 5 nitrogen and oxygen atoms in total. The van der Waals surface area contributed by atoms with Crippen LogP contribution in [-0.4, -0.2) is 68.2 Å². The van der Waals surface area contributed by atoms with Crippen LogP contribution in [0.4, 0.5) is 0 Å². The smallest absolute Gasteiger partial charge is 0.193 e. The highest BCUT2D eigenvalue weighted by Crippen LogP contribution is 2.33. The second-order valence-corrected chi connectivity index (χ2v) is 8.14. The standard InChI is InChI=1S/C23H38N4O/c1-5-26(6-2)21-13-14-27(17-21)23(24-4)25-16-20-8-7-15-28-22(20)19-11-9-18(3)10-12-19/h9-12,20-22H,5-8,13-17H2,1-4H3,(H,24,25). The van der Waals surface area contributed by atoms with Crippen molar-refractivity contribution < 1.29 is 4.74 Å². The van der Waals surface area contributed by atoms with E-state index in [1.54, 1.807) is 0 Å². The van der Waals surface area contributed by atoms with Gasteiger partial charge in [-0.25, -0.2) is 0 Å². The Bertz CT molecular complexity index is 626. The predicted molar refractivity (Wildman–Crippen MR) is 117 cm³/mol. The lowest BCUT2D eigenvalue weighted by Gasteiger charge is -2.33. The van der Waals surface area contributed by atoms with Crippen molar-refractivity contribution in [2.24, 2.45) is 10.9 Å². The van der Waals surface area contributed by atoms with Gasteiger partial charge in [0.15, 0.2) is 5.96 Å². The van der Waals surface area contributed by atoms with Gasteiger partial charge in [-0.1, -0.05) is 43.7 Å². The second kappa shape index (κ2) is 10.3. The fourth-order valence-corrected chi connectivity index (χ4v) is 4.70. The summed E-state index contributed by atoms with van der Waals surface area (Å²) in [4.78, 5) is 9.57. The number of benzene rings is 1. The van der Waals surface area contributed by atoms with Gasteiger partial charge in [-0.3, -0.25) is 9.89 Å². The van der Waals surface area contributed by atoms with Crippen molar-refractivity contribution in [3.63, 3.8) is 0 Å². The Labute approximate surface area is 171 Å². The van der Waals surface area contributed by atoms with Crippen molar-refractivity contribution in [3.05, 3.63) is 35.4 Å². The molecule has 28 heavy (non-hydrogen) atoms. The molecule has 0 saturated carbocycles. The fraction of sp³-hybridized carbons (Fsp3) is 0.696. The molecule has 3 atom stereocenters. The fourth-order valence-electron chi connectivity index (χ4n) is 4.70. The number of aliphatic imine (C=N–C) groups is 1. The van der Waals surface area contributed by atoms with Crippen LogP contribution in [0, 0.1) is 12.8 Å². The molecule has 2 aliphatic rings. The lowest BCUT2D eigenvalue weighted by Crippen LogP contribution is -2.45.